The van der Waals surface area contributed by atoms with Crippen molar-refractivity contribution in [3.8, 4) is 0 Å². The second kappa shape index (κ2) is 5.65. The average Bonchev–Trinajstić information content (AvgIpc) is 2.47. The van der Waals surface area contributed by atoms with Crippen molar-refractivity contribution in [2.75, 3.05) is 31.1 Å². The van der Waals surface area contributed by atoms with Crippen LogP contribution in [0.4, 0.5) is 5.82 Å². The van der Waals surface area contributed by atoms with Gasteiger partial charge in [-0.1, -0.05) is 18.0 Å². The molecule has 0 bridgehead atoms. The largest absolute Gasteiger partial charge is 0.353 e. The molecule has 1 aromatic heterocycles. The molecule has 3 heterocycles. The quantitative estimate of drug-likeness (QED) is 0.898. The van der Waals surface area contributed by atoms with Crippen LogP contribution in [0.25, 0.3) is 0 Å². The third-order valence-electron chi connectivity index (χ3n) is 4.31. The molecular weight excluding hydrogens is 260 g/mol. The van der Waals surface area contributed by atoms with Crippen LogP contribution in [0.3, 0.4) is 0 Å². The Kier molecular flexibility index (Phi) is 3.91. The monoisotopic (exact) mass is 280 g/mol. The first kappa shape index (κ1) is 13.2. The fourth-order valence-electron chi connectivity index (χ4n) is 3.20. The Balaban J connectivity index is 1.79. The number of aromatic nitrogens is 1. The molecule has 2 aliphatic rings. The van der Waals surface area contributed by atoms with Gasteiger partial charge in [0.05, 0.1) is 5.02 Å². The van der Waals surface area contributed by atoms with Gasteiger partial charge in [0.2, 0.25) is 0 Å². The Bertz CT molecular complexity index is 451. The van der Waals surface area contributed by atoms with E-state index >= 15 is 0 Å². The van der Waals surface area contributed by atoms with Crippen molar-refractivity contribution in [3.05, 3.63) is 22.8 Å². The van der Waals surface area contributed by atoms with Crippen LogP contribution in [-0.4, -0.2) is 42.1 Å². The maximum Gasteiger partial charge on any atom is 0.147 e. The number of hydrogen-bond acceptors (Lipinski definition) is 4. The van der Waals surface area contributed by atoms with E-state index in [1.54, 1.807) is 0 Å². The van der Waals surface area contributed by atoms with Crippen LogP contribution in [-0.2, 0) is 6.54 Å². The molecule has 2 aliphatic heterocycles. The summed E-state index contributed by atoms with van der Waals surface area (Å²) < 4.78 is 0. The first-order valence-corrected chi connectivity index (χ1v) is 7.50. The normalized spacial score (nSPS) is 24.3. The summed E-state index contributed by atoms with van der Waals surface area (Å²) in [4.78, 5) is 9.41. The fraction of sp³-hybridized carbons (Fsp3) is 0.643. The summed E-state index contributed by atoms with van der Waals surface area (Å²) >= 11 is 6.42. The highest BCUT2D eigenvalue weighted by atomic mass is 35.5. The number of piperidine rings is 1. The summed E-state index contributed by atoms with van der Waals surface area (Å²) in [5.41, 5.74) is 6.70. The third-order valence-corrected chi connectivity index (χ3v) is 4.72. The molecule has 1 unspecified atom stereocenters. The predicted octanol–water partition coefficient (Wildman–Crippen LogP) is 1.87. The average molecular weight is 281 g/mol. The Morgan fingerprint density at radius 2 is 2.21 bits per heavy atom. The van der Waals surface area contributed by atoms with Gasteiger partial charge in [-0.3, -0.25) is 4.90 Å². The zero-order chi connectivity index (χ0) is 13.2. The van der Waals surface area contributed by atoms with Gasteiger partial charge in [0.1, 0.15) is 5.82 Å². The lowest BCUT2D eigenvalue weighted by atomic mass is 9.99. The zero-order valence-electron chi connectivity index (χ0n) is 11.2. The van der Waals surface area contributed by atoms with E-state index < -0.39 is 0 Å². The summed E-state index contributed by atoms with van der Waals surface area (Å²) in [6, 6.07) is 2.57. The number of pyridine rings is 1. The molecule has 0 aliphatic carbocycles. The molecule has 0 aromatic carbocycles. The lowest BCUT2D eigenvalue weighted by Gasteiger charge is -2.44. The van der Waals surface area contributed by atoms with Crippen LogP contribution in [0.1, 0.15) is 24.8 Å². The Morgan fingerprint density at radius 3 is 3.05 bits per heavy atom. The molecule has 2 fully saturated rings. The van der Waals surface area contributed by atoms with Crippen LogP contribution < -0.4 is 10.6 Å². The fourth-order valence-corrected chi connectivity index (χ4v) is 3.51. The summed E-state index contributed by atoms with van der Waals surface area (Å²) in [6.07, 6.45) is 5.80. The molecule has 5 heteroatoms. The number of nitrogens with zero attached hydrogens (tertiary/aromatic N) is 3. The molecule has 2 N–H and O–H groups in total. The first-order chi connectivity index (χ1) is 9.29. The molecule has 2 saturated heterocycles. The topological polar surface area (TPSA) is 45.4 Å². The molecule has 0 amide bonds. The molecular formula is C14H21ClN4. The van der Waals surface area contributed by atoms with E-state index in [-0.39, 0.29) is 0 Å². The molecule has 1 aromatic rings. The van der Waals surface area contributed by atoms with Crippen LogP contribution in [0.5, 0.6) is 0 Å². The predicted molar refractivity (Wildman–Crippen MR) is 78.6 cm³/mol. The van der Waals surface area contributed by atoms with Crippen molar-refractivity contribution in [1.29, 1.82) is 0 Å². The molecule has 0 spiro atoms. The summed E-state index contributed by atoms with van der Waals surface area (Å²) in [7, 11) is 0. The summed E-state index contributed by atoms with van der Waals surface area (Å²) in [5, 5.41) is 0.731. The lowest BCUT2D eigenvalue weighted by Crippen LogP contribution is -2.55. The molecule has 4 nitrogen and oxygen atoms in total. The van der Waals surface area contributed by atoms with Crippen LogP contribution in [0, 0.1) is 0 Å². The number of rotatable bonds is 2. The minimum atomic E-state index is 0.470. The van der Waals surface area contributed by atoms with E-state index in [0.717, 1.165) is 36.0 Å². The van der Waals surface area contributed by atoms with E-state index in [1.807, 2.05) is 12.3 Å². The van der Waals surface area contributed by atoms with Crippen molar-refractivity contribution in [3.63, 3.8) is 0 Å². The number of anilines is 1. The molecule has 0 saturated carbocycles. The zero-order valence-corrected chi connectivity index (χ0v) is 11.9. The highest BCUT2D eigenvalue weighted by molar-refractivity contribution is 6.33. The van der Waals surface area contributed by atoms with Gasteiger partial charge >= 0.3 is 0 Å². The standard InChI is InChI=1S/C14H21ClN4/c15-13-11(9-16)4-5-17-14(13)19-8-7-18-6-2-1-3-12(18)10-19/h4-5,12H,1-3,6-10,16H2. The van der Waals surface area contributed by atoms with E-state index in [9.17, 15) is 0 Å². The molecule has 1 atom stereocenters. The minimum Gasteiger partial charge on any atom is -0.353 e. The van der Waals surface area contributed by atoms with E-state index in [2.05, 4.69) is 14.8 Å². The van der Waals surface area contributed by atoms with Gasteiger partial charge in [-0.25, -0.2) is 4.98 Å². The minimum absolute atomic E-state index is 0.470. The van der Waals surface area contributed by atoms with Gasteiger partial charge in [0, 0.05) is 38.4 Å². The SMILES string of the molecule is NCc1ccnc(N2CCN3CCCCC3C2)c1Cl. The van der Waals surface area contributed by atoms with Gasteiger partial charge in [0.25, 0.3) is 0 Å². The highest BCUT2D eigenvalue weighted by Crippen LogP contribution is 2.30. The van der Waals surface area contributed by atoms with Crippen molar-refractivity contribution in [2.24, 2.45) is 5.73 Å². The number of halogens is 1. The molecule has 19 heavy (non-hydrogen) atoms. The van der Waals surface area contributed by atoms with Crippen molar-refractivity contribution < 1.29 is 0 Å². The van der Waals surface area contributed by atoms with E-state index in [0.29, 0.717) is 12.6 Å². The number of hydrogen-bond donors (Lipinski definition) is 1. The van der Waals surface area contributed by atoms with Gasteiger partial charge in [0.15, 0.2) is 0 Å². The Hall–Kier alpha value is -0.840. The molecule has 104 valence electrons. The second-order valence-electron chi connectivity index (χ2n) is 5.44. The molecule has 0 radical (unpaired) electrons. The molecule has 3 rings (SSSR count). The van der Waals surface area contributed by atoms with Gasteiger partial charge in [-0.15, -0.1) is 0 Å². The van der Waals surface area contributed by atoms with E-state index in [1.165, 1.54) is 25.8 Å². The Labute approximate surface area is 119 Å². The smallest absolute Gasteiger partial charge is 0.147 e. The first-order valence-electron chi connectivity index (χ1n) is 7.12. The van der Waals surface area contributed by atoms with Crippen LogP contribution >= 0.6 is 11.6 Å². The third kappa shape index (κ3) is 2.57. The van der Waals surface area contributed by atoms with Crippen molar-refractivity contribution >= 4 is 17.4 Å². The maximum atomic E-state index is 6.42. The highest BCUT2D eigenvalue weighted by Gasteiger charge is 2.30. The lowest BCUT2D eigenvalue weighted by molar-refractivity contribution is 0.133. The number of piperazine rings is 1. The van der Waals surface area contributed by atoms with Gasteiger partial charge in [-0.05, 0) is 31.0 Å². The number of fused-ring (bicyclic) bond motifs is 1. The summed E-state index contributed by atoms with van der Waals surface area (Å²) in [5.74, 6) is 0.912. The van der Waals surface area contributed by atoms with Crippen molar-refractivity contribution in [2.45, 2.75) is 31.8 Å². The summed E-state index contributed by atoms with van der Waals surface area (Å²) in [6.45, 7) is 4.90. The van der Waals surface area contributed by atoms with Crippen LogP contribution in [0.2, 0.25) is 5.02 Å². The second-order valence-corrected chi connectivity index (χ2v) is 5.82. The Morgan fingerprint density at radius 1 is 1.32 bits per heavy atom. The van der Waals surface area contributed by atoms with Crippen LogP contribution in [0.15, 0.2) is 12.3 Å². The van der Waals surface area contributed by atoms with E-state index in [4.69, 9.17) is 17.3 Å². The maximum absolute atomic E-state index is 6.42. The van der Waals surface area contributed by atoms with Gasteiger partial charge in [-0.2, -0.15) is 0 Å². The van der Waals surface area contributed by atoms with Gasteiger partial charge < -0.3 is 10.6 Å². The number of nitrogens with two attached hydrogens (primary N) is 1. The van der Waals surface area contributed by atoms with Crippen molar-refractivity contribution in [1.82, 2.24) is 9.88 Å².